The lowest BCUT2D eigenvalue weighted by Gasteiger charge is -2.13. The molecule has 140 valence electrons. The van der Waals surface area contributed by atoms with E-state index in [1.807, 2.05) is 48.5 Å². The Morgan fingerprint density at radius 3 is 2.37 bits per heavy atom. The highest BCUT2D eigenvalue weighted by atomic mass is 79.9. The number of aromatic nitrogens is 2. The summed E-state index contributed by atoms with van der Waals surface area (Å²) in [7, 11) is 0. The predicted octanol–water partition coefficient (Wildman–Crippen LogP) is 5.49. The van der Waals surface area contributed by atoms with E-state index in [0.717, 1.165) is 41.0 Å². The lowest BCUT2D eigenvalue weighted by Crippen LogP contribution is -2.05. The molecule has 0 aliphatic heterocycles. The summed E-state index contributed by atoms with van der Waals surface area (Å²) in [6.07, 6.45) is 3.63. The Morgan fingerprint density at radius 2 is 1.70 bits per heavy atom. The van der Waals surface area contributed by atoms with Crippen LogP contribution in [0.1, 0.15) is 19.8 Å². The molecule has 1 heterocycles. The summed E-state index contributed by atoms with van der Waals surface area (Å²) in [4.78, 5) is 8.49. The highest BCUT2D eigenvalue weighted by molar-refractivity contribution is 9.10. The number of nitrogen functional groups attached to an aromatic ring is 1. The zero-order valence-corrected chi connectivity index (χ0v) is 16.7. The zero-order valence-electron chi connectivity index (χ0n) is 15.1. The highest BCUT2D eigenvalue weighted by Crippen LogP contribution is 2.29. The maximum Gasteiger partial charge on any atom is 0.159 e. The molecule has 1 aromatic heterocycles. The Morgan fingerprint density at radius 1 is 1.00 bits per heavy atom. The normalized spacial score (nSPS) is 10.4. The van der Waals surface area contributed by atoms with Crippen LogP contribution in [0.15, 0.2) is 59.3 Å². The molecule has 7 heteroatoms. The molecule has 0 atom stereocenters. The Balaban J connectivity index is 1.70. The van der Waals surface area contributed by atoms with Crippen molar-refractivity contribution in [1.29, 1.82) is 0 Å². The first kappa shape index (κ1) is 19.0. The molecule has 0 fully saturated rings. The average molecular weight is 428 g/mol. The third-order valence-electron chi connectivity index (χ3n) is 3.85. The van der Waals surface area contributed by atoms with Gasteiger partial charge in [0.15, 0.2) is 11.6 Å². The Bertz CT molecular complexity index is 886. The minimum atomic E-state index is 0.445. The maximum absolute atomic E-state index is 6.24. The van der Waals surface area contributed by atoms with Gasteiger partial charge in [-0.05, 0) is 48.9 Å². The van der Waals surface area contributed by atoms with Gasteiger partial charge in [-0.25, -0.2) is 9.97 Å². The summed E-state index contributed by atoms with van der Waals surface area (Å²) in [6.45, 7) is 2.87. The standard InChI is InChI=1S/C20H22BrN5O/c1-2-3-11-27-17-9-7-15(8-10-17)25-19-18(22)20(24-13-23-19)26-16-6-4-5-14(21)12-16/h4-10,12-13H,2-3,11,22H2,1H3,(H2,23,24,25,26). The SMILES string of the molecule is CCCCOc1ccc(Nc2ncnc(Nc3cccc(Br)c3)c2N)cc1. The number of unbranched alkanes of at least 4 members (excludes halogenated alkanes) is 1. The molecular formula is C20H22BrN5O. The van der Waals surface area contributed by atoms with E-state index in [2.05, 4.69) is 43.5 Å². The summed E-state index contributed by atoms with van der Waals surface area (Å²) in [5, 5.41) is 6.43. The van der Waals surface area contributed by atoms with E-state index in [0.29, 0.717) is 17.3 Å². The summed E-state index contributed by atoms with van der Waals surface area (Å²) >= 11 is 3.45. The molecule has 0 saturated heterocycles. The predicted molar refractivity (Wildman–Crippen MR) is 114 cm³/mol. The summed E-state index contributed by atoms with van der Waals surface area (Å²) < 4.78 is 6.65. The van der Waals surface area contributed by atoms with Crippen molar-refractivity contribution in [1.82, 2.24) is 9.97 Å². The molecule has 0 amide bonds. The number of nitrogens with one attached hydrogen (secondary N) is 2. The van der Waals surface area contributed by atoms with Crippen LogP contribution in [0.25, 0.3) is 0 Å². The molecule has 6 nitrogen and oxygen atoms in total. The van der Waals surface area contributed by atoms with E-state index in [-0.39, 0.29) is 0 Å². The van der Waals surface area contributed by atoms with Crippen LogP contribution in [-0.2, 0) is 0 Å². The second kappa shape index (κ2) is 9.23. The summed E-state index contributed by atoms with van der Waals surface area (Å²) in [6, 6.07) is 15.5. The number of nitrogens with two attached hydrogens (primary N) is 1. The lowest BCUT2D eigenvalue weighted by atomic mass is 10.3. The number of hydrogen-bond acceptors (Lipinski definition) is 6. The van der Waals surface area contributed by atoms with Crippen LogP contribution in [-0.4, -0.2) is 16.6 Å². The van der Waals surface area contributed by atoms with Gasteiger partial charge in [0.05, 0.1) is 6.61 Å². The number of nitrogens with zero attached hydrogens (tertiary/aromatic N) is 2. The smallest absolute Gasteiger partial charge is 0.159 e. The largest absolute Gasteiger partial charge is 0.494 e. The van der Waals surface area contributed by atoms with Gasteiger partial charge in [0.2, 0.25) is 0 Å². The van der Waals surface area contributed by atoms with Crippen molar-refractivity contribution in [3.05, 3.63) is 59.3 Å². The second-order valence-corrected chi connectivity index (χ2v) is 6.89. The fourth-order valence-electron chi connectivity index (χ4n) is 2.40. The van der Waals surface area contributed by atoms with E-state index in [9.17, 15) is 0 Å². The molecule has 4 N–H and O–H groups in total. The Kier molecular flexibility index (Phi) is 6.49. The minimum absolute atomic E-state index is 0.445. The van der Waals surface area contributed by atoms with E-state index >= 15 is 0 Å². The quantitative estimate of drug-likeness (QED) is 0.412. The molecule has 0 bridgehead atoms. The van der Waals surface area contributed by atoms with E-state index in [1.165, 1.54) is 6.33 Å². The van der Waals surface area contributed by atoms with Crippen molar-refractivity contribution in [2.24, 2.45) is 0 Å². The van der Waals surface area contributed by atoms with Crippen LogP contribution in [0.3, 0.4) is 0 Å². The molecule has 0 aliphatic rings. The molecule has 0 aliphatic carbocycles. The molecule has 0 spiro atoms. The van der Waals surface area contributed by atoms with Gasteiger partial charge in [0, 0.05) is 15.8 Å². The molecule has 0 unspecified atom stereocenters. The first-order valence-corrected chi connectivity index (χ1v) is 9.58. The number of hydrogen-bond donors (Lipinski definition) is 3. The van der Waals surface area contributed by atoms with Crippen LogP contribution in [0.5, 0.6) is 5.75 Å². The number of benzene rings is 2. The Labute approximate surface area is 167 Å². The topological polar surface area (TPSA) is 85.1 Å². The van der Waals surface area contributed by atoms with Gasteiger partial charge in [-0.2, -0.15) is 0 Å². The molecule has 27 heavy (non-hydrogen) atoms. The number of halogens is 1. The van der Waals surface area contributed by atoms with E-state index in [1.54, 1.807) is 0 Å². The summed E-state index contributed by atoms with van der Waals surface area (Å²) in [5.74, 6) is 1.94. The van der Waals surface area contributed by atoms with E-state index < -0.39 is 0 Å². The van der Waals surface area contributed by atoms with Crippen molar-refractivity contribution >= 4 is 44.6 Å². The van der Waals surface area contributed by atoms with Crippen LogP contribution >= 0.6 is 15.9 Å². The maximum atomic E-state index is 6.24. The average Bonchev–Trinajstić information content (AvgIpc) is 2.67. The monoisotopic (exact) mass is 427 g/mol. The first-order valence-electron chi connectivity index (χ1n) is 8.78. The van der Waals surface area contributed by atoms with Crippen LogP contribution in [0.2, 0.25) is 0 Å². The van der Waals surface area contributed by atoms with Crippen LogP contribution in [0.4, 0.5) is 28.7 Å². The minimum Gasteiger partial charge on any atom is -0.494 e. The van der Waals surface area contributed by atoms with Crippen LogP contribution < -0.4 is 21.1 Å². The van der Waals surface area contributed by atoms with Gasteiger partial charge in [-0.3, -0.25) is 0 Å². The fraction of sp³-hybridized carbons (Fsp3) is 0.200. The Hall–Kier alpha value is -2.80. The molecular weight excluding hydrogens is 406 g/mol. The lowest BCUT2D eigenvalue weighted by molar-refractivity contribution is 0.309. The van der Waals surface area contributed by atoms with Gasteiger partial charge in [0.25, 0.3) is 0 Å². The number of ether oxygens (including phenoxy) is 1. The van der Waals surface area contributed by atoms with Gasteiger partial charge in [-0.1, -0.05) is 35.3 Å². The highest BCUT2D eigenvalue weighted by Gasteiger charge is 2.09. The first-order chi connectivity index (χ1) is 13.2. The number of anilines is 5. The van der Waals surface area contributed by atoms with Crippen LogP contribution in [0, 0.1) is 0 Å². The third kappa shape index (κ3) is 5.34. The van der Waals surface area contributed by atoms with Gasteiger partial charge < -0.3 is 21.1 Å². The molecule has 3 aromatic rings. The van der Waals surface area contributed by atoms with Crippen molar-refractivity contribution in [2.45, 2.75) is 19.8 Å². The second-order valence-electron chi connectivity index (χ2n) is 5.97. The summed E-state index contributed by atoms with van der Waals surface area (Å²) in [5.41, 5.74) is 8.44. The molecule has 3 rings (SSSR count). The third-order valence-corrected chi connectivity index (χ3v) is 4.35. The van der Waals surface area contributed by atoms with E-state index in [4.69, 9.17) is 10.5 Å². The zero-order chi connectivity index (χ0) is 19.1. The molecule has 2 aromatic carbocycles. The molecule has 0 saturated carbocycles. The van der Waals surface area contributed by atoms with Crippen molar-refractivity contribution in [3.8, 4) is 5.75 Å². The molecule has 0 radical (unpaired) electrons. The fourth-order valence-corrected chi connectivity index (χ4v) is 2.80. The van der Waals surface area contributed by atoms with Gasteiger partial charge in [-0.15, -0.1) is 0 Å². The van der Waals surface area contributed by atoms with Gasteiger partial charge in [0.1, 0.15) is 17.8 Å². The number of rotatable bonds is 8. The van der Waals surface area contributed by atoms with Crippen molar-refractivity contribution in [3.63, 3.8) is 0 Å². The van der Waals surface area contributed by atoms with Gasteiger partial charge >= 0.3 is 0 Å². The van der Waals surface area contributed by atoms with Crippen molar-refractivity contribution < 1.29 is 4.74 Å². The van der Waals surface area contributed by atoms with Crippen molar-refractivity contribution in [2.75, 3.05) is 23.0 Å².